The Morgan fingerprint density at radius 3 is 2.59 bits per heavy atom. The topological polar surface area (TPSA) is 64.0 Å². The molecule has 5 nitrogen and oxygen atoms in total. The molecule has 3 aromatic rings. The first-order valence-electron chi connectivity index (χ1n) is 8.79. The SMILES string of the molecule is CSc1ccc(-c2ccc(=O)n([C@@H]3CCc4ccccc4NC3=O)n2)cc1. The first-order chi connectivity index (χ1) is 13.2. The van der Waals surface area contributed by atoms with Crippen LogP contribution in [0.25, 0.3) is 11.3 Å². The minimum Gasteiger partial charge on any atom is -0.324 e. The molecule has 0 bridgehead atoms. The molecular formula is C21H19N3O2S. The number of thioether (sulfide) groups is 1. The molecule has 2 aromatic carbocycles. The van der Waals surface area contributed by atoms with Crippen molar-refractivity contribution in [3.8, 4) is 11.3 Å². The van der Waals surface area contributed by atoms with Gasteiger partial charge < -0.3 is 5.32 Å². The number of anilines is 1. The van der Waals surface area contributed by atoms with E-state index >= 15 is 0 Å². The van der Waals surface area contributed by atoms with Crippen molar-refractivity contribution in [2.24, 2.45) is 0 Å². The summed E-state index contributed by atoms with van der Waals surface area (Å²) in [5, 5.41) is 7.44. The maximum atomic E-state index is 12.7. The number of hydrogen-bond acceptors (Lipinski definition) is 4. The molecule has 0 unspecified atom stereocenters. The summed E-state index contributed by atoms with van der Waals surface area (Å²) in [6.45, 7) is 0. The van der Waals surface area contributed by atoms with Crippen molar-refractivity contribution in [2.45, 2.75) is 23.8 Å². The summed E-state index contributed by atoms with van der Waals surface area (Å²) in [6, 6.07) is 18.3. The summed E-state index contributed by atoms with van der Waals surface area (Å²) < 4.78 is 1.32. The van der Waals surface area contributed by atoms with Crippen molar-refractivity contribution in [1.82, 2.24) is 9.78 Å². The molecule has 0 saturated carbocycles. The van der Waals surface area contributed by atoms with Crippen molar-refractivity contribution < 1.29 is 4.79 Å². The van der Waals surface area contributed by atoms with Crippen molar-refractivity contribution in [3.05, 3.63) is 76.6 Å². The summed E-state index contributed by atoms with van der Waals surface area (Å²) >= 11 is 1.67. The monoisotopic (exact) mass is 377 g/mol. The molecule has 0 fully saturated rings. The van der Waals surface area contributed by atoms with Crippen LogP contribution in [0.2, 0.25) is 0 Å². The van der Waals surface area contributed by atoms with Crippen LogP contribution in [-0.2, 0) is 11.2 Å². The fourth-order valence-electron chi connectivity index (χ4n) is 3.30. The Morgan fingerprint density at radius 2 is 1.81 bits per heavy atom. The van der Waals surface area contributed by atoms with Crippen molar-refractivity contribution >= 4 is 23.4 Å². The van der Waals surface area contributed by atoms with Crippen LogP contribution in [-0.4, -0.2) is 21.9 Å². The number of carbonyl (C=O) groups excluding carboxylic acids is 1. The van der Waals surface area contributed by atoms with Crippen LogP contribution in [0.15, 0.2) is 70.4 Å². The number of rotatable bonds is 3. The average molecular weight is 377 g/mol. The van der Waals surface area contributed by atoms with Gasteiger partial charge in [0.25, 0.3) is 5.56 Å². The highest BCUT2D eigenvalue weighted by Gasteiger charge is 2.26. The highest BCUT2D eigenvalue weighted by molar-refractivity contribution is 7.98. The Kier molecular flexibility index (Phi) is 4.81. The van der Waals surface area contributed by atoms with Gasteiger partial charge in [-0.2, -0.15) is 5.10 Å². The summed E-state index contributed by atoms with van der Waals surface area (Å²) in [5.74, 6) is -0.204. The van der Waals surface area contributed by atoms with Gasteiger partial charge in [-0.05, 0) is 48.9 Å². The Labute approximate surface area is 161 Å². The summed E-state index contributed by atoms with van der Waals surface area (Å²) in [4.78, 5) is 26.4. The fourth-order valence-corrected chi connectivity index (χ4v) is 3.71. The molecule has 0 spiro atoms. The third kappa shape index (κ3) is 3.53. The minimum atomic E-state index is -0.629. The van der Waals surface area contributed by atoms with E-state index in [1.165, 1.54) is 10.7 Å². The van der Waals surface area contributed by atoms with E-state index < -0.39 is 6.04 Å². The van der Waals surface area contributed by atoms with E-state index in [2.05, 4.69) is 10.4 Å². The van der Waals surface area contributed by atoms with Gasteiger partial charge in [0.2, 0.25) is 5.91 Å². The van der Waals surface area contributed by atoms with Crippen molar-refractivity contribution in [1.29, 1.82) is 0 Å². The van der Waals surface area contributed by atoms with Gasteiger partial charge in [0.05, 0.1) is 5.69 Å². The molecule has 6 heteroatoms. The van der Waals surface area contributed by atoms with Crippen LogP contribution in [0.4, 0.5) is 5.69 Å². The average Bonchev–Trinajstić information content (AvgIpc) is 2.87. The van der Waals surface area contributed by atoms with Gasteiger partial charge in [-0.1, -0.05) is 30.3 Å². The molecule has 1 amide bonds. The number of aryl methyl sites for hydroxylation is 1. The predicted molar refractivity (Wildman–Crippen MR) is 108 cm³/mol. The van der Waals surface area contributed by atoms with E-state index in [1.807, 2.05) is 54.8 Å². The molecule has 0 saturated heterocycles. The molecule has 136 valence electrons. The molecule has 4 rings (SSSR count). The zero-order valence-corrected chi connectivity index (χ0v) is 15.7. The molecule has 1 aliphatic heterocycles. The largest absolute Gasteiger partial charge is 0.324 e. The summed E-state index contributed by atoms with van der Waals surface area (Å²) in [6.07, 6.45) is 3.26. The van der Waals surface area contributed by atoms with E-state index in [0.29, 0.717) is 18.5 Å². The number of hydrogen-bond donors (Lipinski definition) is 1. The van der Waals surface area contributed by atoms with E-state index in [-0.39, 0.29) is 11.5 Å². The van der Waals surface area contributed by atoms with E-state index in [1.54, 1.807) is 17.8 Å². The van der Waals surface area contributed by atoms with Crippen LogP contribution >= 0.6 is 11.8 Å². The smallest absolute Gasteiger partial charge is 0.267 e. The van der Waals surface area contributed by atoms with Crippen molar-refractivity contribution in [3.63, 3.8) is 0 Å². The third-order valence-electron chi connectivity index (χ3n) is 4.77. The number of carbonyl (C=O) groups is 1. The van der Waals surface area contributed by atoms with Crippen LogP contribution in [0.3, 0.4) is 0 Å². The lowest BCUT2D eigenvalue weighted by atomic mass is 10.1. The number of aromatic nitrogens is 2. The van der Waals surface area contributed by atoms with E-state index in [4.69, 9.17) is 0 Å². The molecule has 27 heavy (non-hydrogen) atoms. The number of nitrogens with one attached hydrogen (secondary N) is 1. The Balaban J connectivity index is 1.69. The minimum absolute atomic E-state index is 0.204. The van der Waals surface area contributed by atoms with E-state index in [0.717, 1.165) is 21.7 Å². The predicted octanol–water partition coefficient (Wildman–Crippen LogP) is 3.76. The lowest BCUT2D eigenvalue weighted by Crippen LogP contribution is -2.34. The Bertz CT molecular complexity index is 1040. The standard InChI is InChI=1S/C21H19N3O2S/c1-27-16-9-6-15(7-10-16)18-11-13-20(25)24(23-18)19-12-8-14-4-2-3-5-17(14)22-21(19)26/h2-7,9-11,13,19H,8,12H2,1H3,(H,22,26)/t19-/m1/s1. The third-order valence-corrected chi connectivity index (χ3v) is 5.51. The van der Waals surface area contributed by atoms with Crippen LogP contribution < -0.4 is 10.9 Å². The first kappa shape index (κ1) is 17.5. The molecule has 1 N–H and O–H groups in total. The maximum absolute atomic E-state index is 12.7. The highest BCUT2D eigenvalue weighted by Crippen LogP contribution is 2.26. The van der Waals surface area contributed by atoms with Crippen LogP contribution in [0.1, 0.15) is 18.0 Å². The molecule has 0 radical (unpaired) electrons. The lowest BCUT2D eigenvalue weighted by molar-refractivity contribution is -0.119. The van der Waals surface area contributed by atoms with Gasteiger partial charge in [0.15, 0.2) is 0 Å². The van der Waals surface area contributed by atoms with Gasteiger partial charge in [-0.3, -0.25) is 9.59 Å². The van der Waals surface area contributed by atoms with Crippen LogP contribution in [0.5, 0.6) is 0 Å². The van der Waals surface area contributed by atoms with Gasteiger partial charge in [0, 0.05) is 22.2 Å². The molecular weight excluding hydrogens is 358 g/mol. The first-order valence-corrected chi connectivity index (χ1v) is 10.0. The number of para-hydroxylation sites is 1. The summed E-state index contributed by atoms with van der Waals surface area (Å²) in [5.41, 5.74) is 3.20. The second kappa shape index (κ2) is 7.40. The molecule has 2 heterocycles. The number of amides is 1. The Morgan fingerprint density at radius 1 is 1.04 bits per heavy atom. The second-order valence-electron chi connectivity index (χ2n) is 6.43. The number of benzene rings is 2. The van der Waals surface area contributed by atoms with Gasteiger partial charge in [0.1, 0.15) is 6.04 Å². The summed E-state index contributed by atoms with van der Waals surface area (Å²) in [7, 11) is 0. The second-order valence-corrected chi connectivity index (χ2v) is 7.31. The molecule has 1 aliphatic rings. The Hall–Kier alpha value is -2.86. The highest BCUT2D eigenvalue weighted by atomic mass is 32.2. The van der Waals surface area contributed by atoms with Gasteiger partial charge >= 0.3 is 0 Å². The molecule has 0 aliphatic carbocycles. The molecule has 1 aromatic heterocycles. The fraction of sp³-hybridized carbons (Fsp3) is 0.190. The zero-order chi connectivity index (χ0) is 18.8. The van der Waals surface area contributed by atoms with Crippen LogP contribution in [0, 0.1) is 0 Å². The van der Waals surface area contributed by atoms with Gasteiger partial charge in [-0.25, -0.2) is 4.68 Å². The maximum Gasteiger partial charge on any atom is 0.267 e. The number of fused-ring (bicyclic) bond motifs is 1. The quantitative estimate of drug-likeness (QED) is 0.706. The van der Waals surface area contributed by atoms with Crippen molar-refractivity contribution in [2.75, 3.05) is 11.6 Å². The molecule has 1 atom stereocenters. The number of nitrogens with zero attached hydrogens (tertiary/aromatic N) is 2. The zero-order valence-electron chi connectivity index (χ0n) is 14.9. The lowest BCUT2D eigenvalue weighted by Gasteiger charge is -2.16. The normalized spacial score (nSPS) is 16.3. The van der Waals surface area contributed by atoms with Gasteiger partial charge in [-0.15, -0.1) is 11.8 Å². The van der Waals surface area contributed by atoms with E-state index in [9.17, 15) is 9.59 Å².